The number of aromatic nitrogens is 2. The van der Waals surface area contributed by atoms with Crippen molar-refractivity contribution in [3.63, 3.8) is 0 Å². The van der Waals surface area contributed by atoms with Gasteiger partial charge in [-0.3, -0.25) is 4.68 Å². The summed E-state index contributed by atoms with van der Waals surface area (Å²) in [5.74, 6) is 0. The van der Waals surface area contributed by atoms with Crippen LogP contribution < -0.4 is 10.8 Å². The number of amides is 1. The Labute approximate surface area is 233 Å². The number of nitrogens with one attached hydrogen (secondary N) is 1. The predicted molar refractivity (Wildman–Crippen MR) is 146 cm³/mol. The summed E-state index contributed by atoms with van der Waals surface area (Å²) in [6, 6.07) is 0. The third-order valence-corrected chi connectivity index (χ3v) is 6.05. The van der Waals surface area contributed by atoms with Gasteiger partial charge in [0.05, 0.1) is 83.8 Å². The molecule has 0 spiro atoms. The van der Waals surface area contributed by atoms with E-state index in [9.17, 15) is 4.79 Å². The molecule has 0 atom stereocenters. The highest BCUT2D eigenvalue weighted by Crippen LogP contribution is 2.36. The van der Waals surface area contributed by atoms with Gasteiger partial charge in [-0.25, -0.2) is 4.79 Å². The first-order valence-electron chi connectivity index (χ1n) is 13.6. The van der Waals surface area contributed by atoms with Crippen molar-refractivity contribution in [2.24, 2.45) is 0 Å². The van der Waals surface area contributed by atoms with Gasteiger partial charge in [0, 0.05) is 24.4 Å². The highest BCUT2D eigenvalue weighted by molar-refractivity contribution is 6.61. The van der Waals surface area contributed by atoms with E-state index >= 15 is 0 Å². The maximum Gasteiger partial charge on any atom is 0.498 e. The summed E-state index contributed by atoms with van der Waals surface area (Å²) in [7, 11) is -0.410. The van der Waals surface area contributed by atoms with Gasteiger partial charge < -0.3 is 43.0 Å². The summed E-state index contributed by atoms with van der Waals surface area (Å²) in [4.78, 5) is 11.5. The summed E-state index contributed by atoms with van der Waals surface area (Å²) in [6.45, 7) is 19.4. The predicted octanol–water partition coefficient (Wildman–Crippen LogP) is 1.79. The van der Waals surface area contributed by atoms with E-state index in [4.69, 9.17) is 37.7 Å². The standard InChI is InChI=1S/C26H48BN3O9/c1-24(2,3)37-23(31)28-8-10-32-12-14-34-16-18-36-19-17-35-15-13-33-11-9-30-21-22(20-29-30)27-38-25(4,5)26(6,7)39-27/h20-21H,8-19H2,1-7H3,(H,28,31). The molecule has 0 saturated carbocycles. The molecule has 2 heterocycles. The summed E-state index contributed by atoms with van der Waals surface area (Å²) < 4.78 is 46.5. The average molecular weight is 557 g/mol. The van der Waals surface area contributed by atoms with Gasteiger partial charge in [-0.2, -0.15) is 5.10 Å². The molecule has 1 fully saturated rings. The smallest absolute Gasteiger partial charge is 0.444 e. The van der Waals surface area contributed by atoms with Gasteiger partial charge in [0.2, 0.25) is 0 Å². The monoisotopic (exact) mass is 557 g/mol. The van der Waals surface area contributed by atoms with Crippen molar-refractivity contribution in [1.29, 1.82) is 0 Å². The Morgan fingerprint density at radius 2 is 1.31 bits per heavy atom. The third-order valence-electron chi connectivity index (χ3n) is 6.05. The van der Waals surface area contributed by atoms with Crippen molar-refractivity contribution in [2.45, 2.75) is 71.8 Å². The van der Waals surface area contributed by atoms with Gasteiger partial charge in [0.15, 0.2) is 0 Å². The Kier molecular flexibility index (Phi) is 14.2. The Morgan fingerprint density at radius 1 is 0.846 bits per heavy atom. The minimum atomic E-state index is -0.507. The molecular formula is C26H48BN3O9. The van der Waals surface area contributed by atoms with Crippen molar-refractivity contribution < 1.29 is 42.5 Å². The minimum absolute atomic E-state index is 0.372. The van der Waals surface area contributed by atoms with Crippen LogP contribution in [0.2, 0.25) is 0 Å². The van der Waals surface area contributed by atoms with E-state index in [0.29, 0.717) is 79.2 Å². The van der Waals surface area contributed by atoms with E-state index in [-0.39, 0.29) is 11.2 Å². The van der Waals surface area contributed by atoms with Crippen LogP contribution in [0, 0.1) is 0 Å². The Balaban J connectivity index is 1.33. The fraction of sp³-hybridized carbons (Fsp3) is 0.846. The van der Waals surface area contributed by atoms with E-state index in [1.807, 2.05) is 59.3 Å². The molecule has 2 rings (SSSR count). The molecule has 1 aromatic rings. The number of ether oxygens (including phenoxy) is 6. The van der Waals surface area contributed by atoms with Crippen LogP contribution in [0.4, 0.5) is 4.79 Å². The molecule has 1 aromatic heterocycles. The van der Waals surface area contributed by atoms with Gasteiger partial charge >= 0.3 is 13.2 Å². The van der Waals surface area contributed by atoms with Gasteiger partial charge in [-0.05, 0) is 48.5 Å². The molecule has 1 amide bonds. The summed E-state index contributed by atoms with van der Waals surface area (Å²) in [5.41, 5.74) is -0.349. The highest BCUT2D eigenvalue weighted by atomic mass is 16.7. The lowest BCUT2D eigenvalue weighted by atomic mass is 9.82. The van der Waals surface area contributed by atoms with Crippen molar-refractivity contribution in [2.75, 3.05) is 72.6 Å². The number of rotatable bonds is 19. The zero-order valence-corrected chi connectivity index (χ0v) is 24.8. The molecule has 1 saturated heterocycles. The molecule has 0 aromatic carbocycles. The van der Waals surface area contributed by atoms with Crippen LogP contribution in [0.5, 0.6) is 0 Å². The highest BCUT2D eigenvalue weighted by Gasteiger charge is 2.52. The number of hydrogen-bond acceptors (Lipinski definition) is 10. The number of carbonyl (C=O) groups is 1. The number of nitrogens with zero attached hydrogens (tertiary/aromatic N) is 2. The molecule has 12 nitrogen and oxygen atoms in total. The van der Waals surface area contributed by atoms with Crippen LogP contribution in [0.15, 0.2) is 12.4 Å². The van der Waals surface area contributed by atoms with Crippen LogP contribution in [-0.4, -0.2) is 112 Å². The van der Waals surface area contributed by atoms with Crippen LogP contribution in [0.25, 0.3) is 0 Å². The molecule has 1 N–H and O–H groups in total. The van der Waals surface area contributed by atoms with E-state index in [1.165, 1.54) is 0 Å². The quantitative estimate of drug-likeness (QED) is 0.199. The fourth-order valence-corrected chi connectivity index (χ4v) is 3.28. The number of alkyl carbamates (subject to hydrolysis) is 1. The second-order valence-electron chi connectivity index (χ2n) is 11.1. The lowest BCUT2D eigenvalue weighted by Crippen LogP contribution is -2.41. The summed E-state index contributed by atoms with van der Waals surface area (Å²) >= 11 is 0. The first-order chi connectivity index (χ1) is 18.4. The van der Waals surface area contributed by atoms with Crippen molar-refractivity contribution in [3.8, 4) is 0 Å². The average Bonchev–Trinajstić information content (AvgIpc) is 3.38. The van der Waals surface area contributed by atoms with E-state index < -0.39 is 18.8 Å². The van der Waals surface area contributed by atoms with Crippen LogP contribution in [0.3, 0.4) is 0 Å². The van der Waals surface area contributed by atoms with Crippen molar-refractivity contribution >= 4 is 18.7 Å². The topological polar surface area (TPSA) is 121 Å². The van der Waals surface area contributed by atoms with Crippen LogP contribution in [0.1, 0.15) is 48.5 Å². The first kappa shape index (κ1) is 33.5. The maximum absolute atomic E-state index is 11.5. The molecule has 224 valence electrons. The zero-order valence-electron chi connectivity index (χ0n) is 24.8. The number of hydrogen-bond donors (Lipinski definition) is 1. The van der Waals surface area contributed by atoms with Crippen molar-refractivity contribution in [3.05, 3.63) is 12.4 Å². The Hall–Kier alpha value is -1.74. The molecule has 0 bridgehead atoms. The lowest BCUT2D eigenvalue weighted by Gasteiger charge is -2.32. The first-order valence-corrected chi connectivity index (χ1v) is 13.6. The molecule has 1 aliphatic heterocycles. The molecule has 13 heteroatoms. The van der Waals surface area contributed by atoms with E-state index in [1.54, 1.807) is 6.20 Å². The molecule has 0 unspecified atom stereocenters. The third kappa shape index (κ3) is 13.4. The Morgan fingerprint density at radius 3 is 1.79 bits per heavy atom. The van der Waals surface area contributed by atoms with Gasteiger partial charge in [0.1, 0.15) is 5.60 Å². The van der Waals surface area contributed by atoms with Crippen molar-refractivity contribution in [1.82, 2.24) is 15.1 Å². The van der Waals surface area contributed by atoms with E-state index in [2.05, 4.69) is 10.4 Å². The second-order valence-corrected chi connectivity index (χ2v) is 11.1. The van der Waals surface area contributed by atoms with E-state index in [0.717, 1.165) is 5.46 Å². The second kappa shape index (κ2) is 16.5. The Bertz CT molecular complexity index is 814. The lowest BCUT2D eigenvalue weighted by molar-refractivity contribution is -0.0115. The van der Waals surface area contributed by atoms with Gasteiger partial charge in [-0.15, -0.1) is 0 Å². The molecule has 39 heavy (non-hydrogen) atoms. The number of carbonyl (C=O) groups excluding carboxylic acids is 1. The van der Waals surface area contributed by atoms with Crippen LogP contribution >= 0.6 is 0 Å². The maximum atomic E-state index is 11.5. The van der Waals surface area contributed by atoms with Crippen LogP contribution in [-0.2, 0) is 44.3 Å². The molecule has 1 aliphatic rings. The molecule has 0 radical (unpaired) electrons. The normalized spacial score (nSPS) is 16.5. The SMILES string of the molecule is CC(C)(C)OC(=O)NCCOCCOCCOCCOCCOCCn1cc(B2OC(C)(C)C(C)(C)O2)cn1. The minimum Gasteiger partial charge on any atom is -0.444 e. The molecule has 0 aliphatic carbocycles. The zero-order chi connectivity index (χ0) is 28.8. The fourth-order valence-electron chi connectivity index (χ4n) is 3.28. The molecular weight excluding hydrogens is 509 g/mol. The summed E-state index contributed by atoms with van der Waals surface area (Å²) in [6.07, 6.45) is 3.26. The summed E-state index contributed by atoms with van der Waals surface area (Å²) in [5, 5.41) is 7.01. The largest absolute Gasteiger partial charge is 0.498 e. The van der Waals surface area contributed by atoms with Gasteiger partial charge in [0.25, 0.3) is 0 Å². The van der Waals surface area contributed by atoms with Gasteiger partial charge in [-0.1, -0.05) is 0 Å².